The number of carboxylic acid groups (broad SMARTS) is 1. The van der Waals surface area contributed by atoms with Crippen molar-refractivity contribution in [2.75, 3.05) is 12.3 Å². The Balaban J connectivity index is 1.57. The Morgan fingerprint density at radius 1 is 1.08 bits per heavy atom. The largest absolute Gasteiger partial charge is 0.480 e. The molecule has 9 nitrogen and oxygen atoms in total. The van der Waals surface area contributed by atoms with Crippen molar-refractivity contribution in [1.29, 1.82) is 0 Å². The molecule has 1 aliphatic heterocycles. The van der Waals surface area contributed by atoms with Gasteiger partial charge in [-0.3, -0.25) is 14.4 Å². The zero-order valence-corrected chi connectivity index (χ0v) is 20.7. The number of ketones is 1. The van der Waals surface area contributed by atoms with Crippen LogP contribution in [0.1, 0.15) is 28.2 Å². The van der Waals surface area contributed by atoms with Crippen molar-refractivity contribution in [1.82, 2.24) is 5.32 Å². The molecule has 0 spiro atoms. The van der Waals surface area contributed by atoms with E-state index >= 15 is 0 Å². The maximum Gasteiger partial charge on any atom is 0.322 e. The van der Waals surface area contributed by atoms with Crippen molar-refractivity contribution in [2.24, 2.45) is 11.5 Å². The van der Waals surface area contributed by atoms with Gasteiger partial charge in [-0.25, -0.2) is 0 Å². The number of aliphatic carboxylic acids is 1. The number of aryl methyl sites for hydroxylation is 1. The van der Waals surface area contributed by atoms with Crippen LogP contribution in [0.2, 0.25) is 0 Å². The Morgan fingerprint density at radius 2 is 1.78 bits per heavy atom. The van der Waals surface area contributed by atoms with E-state index in [-0.39, 0.29) is 0 Å². The van der Waals surface area contributed by atoms with Crippen LogP contribution in [0.4, 0.5) is 5.69 Å². The monoisotopic (exact) mass is 518 g/mol. The van der Waals surface area contributed by atoms with E-state index < -0.39 is 47.0 Å². The number of thioether (sulfide) groups is 1. The molecule has 8 N–H and O–H groups in total. The van der Waals surface area contributed by atoms with Crippen molar-refractivity contribution >= 4 is 35.1 Å². The van der Waals surface area contributed by atoms with Gasteiger partial charge in [-0.2, -0.15) is 0 Å². The third kappa shape index (κ3) is 4.03. The lowest BCUT2D eigenvalue weighted by molar-refractivity contribution is -0.138. The molecule has 4 unspecified atom stereocenters. The Bertz CT molecular complexity index is 1430. The minimum Gasteiger partial charge on any atom is -0.480 e. The topological polar surface area (TPSA) is 171 Å². The van der Waals surface area contributed by atoms with Crippen LogP contribution in [0.25, 0.3) is 0 Å². The van der Waals surface area contributed by atoms with E-state index in [9.17, 15) is 14.4 Å². The molecular formula is C27H26N4O5S. The number of hydrogen-bond donors (Lipinski definition) is 5. The molecule has 5 rings (SSSR count). The molecule has 0 fully saturated rings. The van der Waals surface area contributed by atoms with Crippen LogP contribution in [0.15, 0.2) is 65.6 Å². The second-order valence-corrected chi connectivity index (χ2v) is 10.4. The first-order chi connectivity index (χ1) is 17.6. The first-order valence-corrected chi connectivity index (χ1v) is 12.5. The number of para-hydroxylation sites is 1. The molecule has 0 aromatic heterocycles. The van der Waals surface area contributed by atoms with Gasteiger partial charge in [0.25, 0.3) is 0 Å². The minimum absolute atomic E-state index is 0.431. The van der Waals surface area contributed by atoms with E-state index in [0.29, 0.717) is 38.8 Å². The second-order valence-electron chi connectivity index (χ2n) is 9.21. The highest BCUT2D eigenvalue weighted by atomic mass is 32.2. The van der Waals surface area contributed by atoms with Crippen LogP contribution in [0, 0.1) is 6.92 Å². The number of Topliss-reactive ketones (excluding diaryl/α,β-unsaturated/α-hetero) is 1. The third-order valence-corrected chi connectivity index (χ3v) is 8.36. The van der Waals surface area contributed by atoms with Crippen molar-refractivity contribution < 1.29 is 24.2 Å². The third-order valence-electron chi connectivity index (χ3n) is 6.91. The Morgan fingerprint density at radius 3 is 2.46 bits per heavy atom. The van der Waals surface area contributed by atoms with E-state index in [1.165, 1.54) is 11.8 Å². The summed E-state index contributed by atoms with van der Waals surface area (Å²) in [5, 5.41) is 10.6. The molecule has 0 saturated heterocycles. The Labute approximate surface area is 217 Å². The van der Waals surface area contributed by atoms with Gasteiger partial charge in [-0.15, -0.1) is 11.8 Å². The van der Waals surface area contributed by atoms with Crippen LogP contribution >= 0.6 is 11.8 Å². The van der Waals surface area contributed by atoms with Gasteiger partial charge in [0, 0.05) is 16.5 Å². The van der Waals surface area contributed by atoms with Gasteiger partial charge >= 0.3 is 5.97 Å². The number of anilines is 1. The second kappa shape index (κ2) is 9.22. The summed E-state index contributed by atoms with van der Waals surface area (Å²) in [4.78, 5) is 38.4. The minimum atomic E-state index is -1.57. The lowest BCUT2D eigenvalue weighted by atomic mass is 9.64. The number of nitrogens with two attached hydrogens (primary N) is 3. The quantitative estimate of drug-likeness (QED) is 0.307. The van der Waals surface area contributed by atoms with Crippen molar-refractivity contribution in [3.8, 4) is 11.5 Å². The zero-order chi connectivity index (χ0) is 26.5. The number of ether oxygens (including phenoxy) is 1. The SMILES string of the molecule is Cc1cc(Oc2ccccc2)ccc1C1(N)C(=O)C(N)C2c3c1ccc(N)c3SC2C(=O)NCC(=O)O. The predicted octanol–water partition coefficient (Wildman–Crippen LogP) is 2.24. The molecule has 4 atom stereocenters. The average molecular weight is 519 g/mol. The lowest BCUT2D eigenvalue weighted by Crippen LogP contribution is -2.60. The Hall–Kier alpha value is -3.86. The van der Waals surface area contributed by atoms with Crippen molar-refractivity contribution in [3.05, 3.63) is 82.9 Å². The molecule has 3 aromatic rings. The van der Waals surface area contributed by atoms with Crippen LogP contribution in [0.3, 0.4) is 0 Å². The number of nitrogens with one attached hydrogen (secondary N) is 1. The van der Waals surface area contributed by atoms with Gasteiger partial charge in [-0.05, 0) is 59.5 Å². The van der Waals surface area contributed by atoms with Gasteiger partial charge < -0.3 is 32.4 Å². The molecule has 1 heterocycles. The van der Waals surface area contributed by atoms with E-state index in [1.54, 1.807) is 24.3 Å². The number of nitrogen functional groups attached to an aromatic ring is 1. The first-order valence-electron chi connectivity index (χ1n) is 11.6. The zero-order valence-electron chi connectivity index (χ0n) is 19.9. The number of hydrogen-bond acceptors (Lipinski definition) is 8. The normalized spacial score (nSPS) is 23.9. The fourth-order valence-corrected chi connectivity index (χ4v) is 6.70. The van der Waals surface area contributed by atoms with Crippen LogP contribution in [-0.2, 0) is 19.9 Å². The number of amides is 1. The van der Waals surface area contributed by atoms with Crippen LogP contribution < -0.4 is 27.3 Å². The van der Waals surface area contributed by atoms with E-state index in [0.717, 1.165) is 5.56 Å². The Kier molecular flexibility index (Phi) is 6.18. The van der Waals surface area contributed by atoms with Gasteiger partial charge in [0.05, 0.1) is 11.3 Å². The van der Waals surface area contributed by atoms with Gasteiger partial charge in [0.15, 0.2) is 5.78 Å². The summed E-state index contributed by atoms with van der Waals surface area (Å²) in [6.07, 6.45) is 0. The summed E-state index contributed by atoms with van der Waals surface area (Å²) in [7, 11) is 0. The smallest absolute Gasteiger partial charge is 0.322 e. The summed E-state index contributed by atoms with van der Waals surface area (Å²) in [6.45, 7) is 1.31. The van der Waals surface area contributed by atoms with E-state index in [4.69, 9.17) is 27.0 Å². The summed E-state index contributed by atoms with van der Waals surface area (Å²) in [5.41, 5.74) is 21.1. The molecule has 190 valence electrons. The lowest BCUT2D eigenvalue weighted by Gasteiger charge is -2.42. The molecule has 10 heteroatoms. The fraction of sp³-hybridized carbons (Fsp3) is 0.222. The van der Waals surface area contributed by atoms with E-state index in [2.05, 4.69) is 5.32 Å². The van der Waals surface area contributed by atoms with Crippen LogP contribution in [-0.4, -0.2) is 40.6 Å². The maximum absolute atomic E-state index is 13.9. The average Bonchev–Trinajstić information content (AvgIpc) is 3.28. The standard InChI is InChI=1S/C27H26N4O5S/c1-13-11-15(36-14-5-3-2-4-6-14)7-8-16(13)27(30)17-9-10-18(28)23-20(17)21(22(29)25(27)34)24(37-23)26(35)31-12-19(32)33/h2-11,21-22,24H,12,28-30H2,1H3,(H,31,35)(H,32,33). The molecule has 37 heavy (non-hydrogen) atoms. The maximum atomic E-state index is 13.9. The number of carbonyl (C=O) groups is 3. The highest BCUT2D eigenvalue weighted by molar-refractivity contribution is 8.01. The highest BCUT2D eigenvalue weighted by Gasteiger charge is 2.56. The van der Waals surface area contributed by atoms with E-state index in [1.807, 2.05) is 43.3 Å². The molecule has 0 bridgehead atoms. The number of rotatable bonds is 6. The van der Waals surface area contributed by atoms with Gasteiger partial charge in [0.2, 0.25) is 5.91 Å². The molecule has 0 radical (unpaired) electrons. The summed E-state index contributed by atoms with van der Waals surface area (Å²) in [5.74, 6) is -1.55. The van der Waals surface area contributed by atoms with Crippen LogP contribution in [0.5, 0.6) is 11.5 Å². The molecule has 1 aliphatic carbocycles. The van der Waals surface area contributed by atoms with Crippen molar-refractivity contribution in [2.45, 2.75) is 34.6 Å². The summed E-state index contributed by atoms with van der Waals surface area (Å²) < 4.78 is 5.94. The number of carbonyl (C=O) groups excluding carboxylic acids is 2. The molecule has 2 aliphatic rings. The van der Waals surface area contributed by atoms with Crippen molar-refractivity contribution in [3.63, 3.8) is 0 Å². The molecular weight excluding hydrogens is 492 g/mol. The predicted molar refractivity (Wildman–Crippen MR) is 140 cm³/mol. The van der Waals surface area contributed by atoms with Gasteiger partial charge in [-0.1, -0.05) is 30.3 Å². The summed E-state index contributed by atoms with van der Waals surface area (Å²) >= 11 is 1.18. The first kappa shape index (κ1) is 24.8. The molecule has 0 saturated carbocycles. The highest BCUT2D eigenvalue weighted by Crippen LogP contribution is 2.56. The summed E-state index contributed by atoms with van der Waals surface area (Å²) in [6, 6.07) is 17.0. The molecule has 1 amide bonds. The fourth-order valence-electron chi connectivity index (χ4n) is 5.23. The number of carboxylic acids is 1. The van der Waals surface area contributed by atoms with Gasteiger partial charge in [0.1, 0.15) is 23.6 Å². The molecule has 3 aromatic carbocycles. The number of benzene rings is 3.